The number of fused-ring (bicyclic) bond motifs is 1. The molecule has 2 N–H and O–H groups in total. The molecule has 2 heterocycles. The highest BCUT2D eigenvalue weighted by atomic mass is 32.1. The molecule has 34 heavy (non-hydrogen) atoms. The Morgan fingerprint density at radius 3 is 2.62 bits per heavy atom. The molecule has 0 bridgehead atoms. The molecule has 0 radical (unpaired) electrons. The van der Waals surface area contributed by atoms with E-state index in [2.05, 4.69) is 29.4 Å². The Hall–Kier alpha value is -2.72. The first-order valence-electron chi connectivity index (χ1n) is 11.7. The Morgan fingerprint density at radius 2 is 1.97 bits per heavy atom. The van der Waals surface area contributed by atoms with Crippen molar-refractivity contribution in [2.45, 2.75) is 46.6 Å². The van der Waals surface area contributed by atoms with E-state index in [0.29, 0.717) is 33.7 Å². The van der Waals surface area contributed by atoms with Crippen molar-refractivity contribution in [1.82, 2.24) is 24.8 Å². The van der Waals surface area contributed by atoms with Crippen LogP contribution in [0.4, 0.5) is 15.3 Å². The smallest absolute Gasteiger partial charge is 0.239 e. The number of nitrogens with one attached hydrogen (secondary N) is 2. The number of carbonyl (C=O) groups is 1. The molecule has 0 aliphatic heterocycles. The largest absolute Gasteiger partial charge is 0.364 e. The van der Waals surface area contributed by atoms with Gasteiger partial charge in [0.2, 0.25) is 16.0 Å². The maximum atomic E-state index is 13.9. The maximum Gasteiger partial charge on any atom is 0.239 e. The standard InChI is InChI=1S/C24H36FN7OS/c1-7-31(8-2)14-10-13-26-19(33)16-30(6)23-29-32-21(28-24(3,4)5)20(27-22(32)34-23)17-11-9-12-18(25)15-17/h9,11-12,15,28H,7-8,10,13-14,16H2,1-6H3,(H,26,33). The van der Waals surface area contributed by atoms with Gasteiger partial charge in [-0.1, -0.05) is 37.3 Å². The zero-order valence-electron chi connectivity index (χ0n) is 21.0. The van der Waals surface area contributed by atoms with Crippen molar-refractivity contribution in [2.24, 2.45) is 0 Å². The predicted molar refractivity (Wildman–Crippen MR) is 138 cm³/mol. The molecule has 8 nitrogen and oxygen atoms in total. The molecule has 186 valence electrons. The van der Waals surface area contributed by atoms with Gasteiger partial charge in [0.25, 0.3) is 0 Å². The van der Waals surface area contributed by atoms with Crippen LogP contribution in [0, 0.1) is 5.82 Å². The second-order valence-electron chi connectivity index (χ2n) is 9.36. The molecule has 0 atom stereocenters. The number of likely N-dealkylation sites (N-methyl/N-ethyl adjacent to an activating group) is 1. The molecule has 3 rings (SSSR count). The summed E-state index contributed by atoms with van der Waals surface area (Å²) in [6.45, 7) is 14.3. The lowest BCUT2D eigenvalue weighted by atomic mass is 10.1. The zero-order chi connectivity index (χ0) is 24.9. The summed E-state index contributed by atoms with van der Waals surface area (Å²) in [5.41, 5.74) is 1.08. The van der Waals surface area contributed by atoms with Crippen LogP contribution in [0.5, 0.6) is 0 Å². The second kappa shape index (κ2) is 11.1. The molecule has 1 aromatic carbocycles. The number of carbonyl (C=O) groups excluding carboxylic acids is 1. The van der Waals surface area contributed by atoms with Crippen LogP contribution < -0.4 is 15.5 Å². The van der Waals surface area contributed by atoms with Crippen molar-refractivity contribution in [2.75, 3.05) is 50.0 Å². The summed E-state index contributed by atoms with van der Waals surface area (Å²) in [6.07, 6.45) is 0.924. The third-order valence-corrected chi connectivity index (χ3v) is 6.38. The molecular weight excluding hydrogens is 453 g/mol. The molecule has 0 unspecified atom stereocenters. The molecule has 10 heteroatoms. The molecular formula is C24H36FN7OS. The van der Waals surface area contributed by atoms with Crippen molar-refractivity contribution in [3.05, 3.63) is 30.1 Å². The fourth-order valence-corrected chi connectivity index (χ4v) is 4.47. The van der Waals surface area contributed by atoms with Gasteiger partial charge in [0.15, 0.2) is 5.82 Å². The maximum absolute atomic E-state index is 13.9. The highest BCUT2D eigenvalue weighted by molar-refractivity contribution is 7.20. The van der Waals surface area contributed by atoms with E-state index in [1.165, 1.54) is 23.5 Å². The van der Waals surface area contributed by atoms with Gasteiger partial charge in [-0.2, -0.15) is 4.52 Å². The quantitative estimate of drug-likeness (QED) is 0.395. The van der Waals surface area contributed by atoms with Crippen molar-refractivity contribution >= 4 is 33.2 Å². The Kier molecular flexibility index (Phi) is 8.48. The van der Waals surface area contributed by atoms with Crippen molar-refractivity contribution in [3.8, 4) is 11.3 Å². The topological polar surface area (TPSA) is 77.8 Å². The molecule has 0 aliphatic carbocycles. The summed E-state index contributed by atoms with van der Waals surface area (Å²) in [4.78, 5) is 22.0. The first-order valence-corrected chi connectivity index (χ1v) is 12.6. The number of benzene rings is 1. The van der Waals surface area contributed by atoms with Gasteiger partial charge in [-0.15, -0.1) is 5.10 Å². The summed E-state index contributed by atoms with van der Waals surface area (Å²) in [5, 5.41) is 11.8. The number of imidazole rings is 1. The molecule has 3 aromatic rings. The Labute approximate surface area is 205 Å². The summed E-state index contributed by atoms with van der Waals surface area (Å²) in [5.74, 6) is 0.347. The number of halogens is 1. The summed E-state index contributed by atoms with van der Waals surface area (Å²) >= 11 is 1.39. The number of rotatable bonds is 11. The number of nitrogens with zero attached hydrogens (tertiary/aromatic N) is 5. The third kappa shape index (κ3) is 6.66. The van der Waals surface area contributed by atoms with Gasteiger partial charge in [0.05, 0.1) is 6.54 Å². The van der Waals surface area contributed by atoms with Crippen LogP contribution in [0.15, 0.2) is 24.3 Å². The zero-order valence-corrected chi connectivity index (χ0v) is 21.8. The molecule has 0 fully saturated rings. The average molecular weight is 490 g/mol. The van der Waals surface area contributed by atoms with Crippen LogP contribution in [0.1, 0.15) is 41.0 Å². The lowest BCUT2D eigenvalue weighted by Gasteiger charge is -2.22. The van der Waals surface area contributed by atoms with Crippen molar-refractivity contribution < 1.29 is 9.18 Å². The minimum absolute atomic E-state index is 0.0385. The van der Waals surface area contributed by atoms with Crippen molar-refractivity contribution in [3.63, 3.8) is 0 Å². The van der Waals surface area contributed by atoms with Crippen molar-refractivity contribution in [1.29, 1.82) is 0 Å². The minimum Gasteiger partial charge on any atom is -0.364 e. The van der Waals surface area contributed by atoms with E-state index >= 15 is 0 Å². The number of hydrogen-bond donors (Lipinski definition) is 2. The predicted octanol–water partition coefficient (Wildman–Crippen LogP) is 4.09. The van der Waals surface area contributed by atoms with Gasteiger partial charge in [-0.05, 0) is 59.0 Å². The van der Waals surface area contributed by atoms with Crippen LogP contribution in [0.3, 0.4) is 0 Å². The van der Waals surface area contributed by atoms with E-state index in [0.717, 1.165) is 26.1 Å². The SMILES string of the molecule is CCN(CC)CCCNC(=O)CN(C)c1nn2c(NC(C)(C)C)c(-c3cccc(F)c3)nc2s1. The van der Waals surface area contributed by atoms with E-state index in [9.17, 15) is 9.18 Å². The van der Waals surface area contributed by atoms with E-state index in [4.69, 9.17) is 10.1 Å². The fourth-order valence-electron chi connectivity index (χ4n) is 3.61. The van der Waals surface area contributed by atoms with Crippen LogP contribution in [0.25, 0.3) is 16.2 Å². The Morgan fingerprint density at radius 1 is 1.24 bits per heavy atom. The number of anilines is 2. The minimum atomic E-state index is -0.313. The number of hydrogen-bond acceptors (Lipinski definition) is 7. The molecule has 2 aromatic heterocycles. The monoisotopic (exact) mass is 489 g/mol. The Bertz CT molecular complexity index is 1100. The first kappa shape index (κ1) is 25.9. The van der Waals surface area contributed by atoms with Gasteiger partial charge in [-0.25, -0.2) is 9.37 Å². The van der Waals surface area contributed by atoms with Crippen LogP contribution in [-0.4, -0.2) is 70.7 Å². The van der Waals surface area contributed by atoms with E-state index in [1.54, 1.807) is 10.6 Å². The summed E-state index contributed by atoms with van der Waals surface area (Å²) in [7, 11) is 1.85. The summed E-state index contributed by atoms with van der Waals surface area (Å²) < 4.78 is 15.6. The van der Waals surface area contributed by atoms with E-state index in [1.807, 2.05) is 38.8 Å². The highest BCUT2D eigenvalue weighted by Crippen LogP contribution is 2.34. The van der Waals surface area contributed by atoms with Crippen LogP contribution in [0.2, 0.25) is 0 Å². The van der Waals surface area contributed by atoms with Crippen LogP contribution in [-0.2, 0) is 4.79 Å². The third-order valence-electron chi connectivity index (χ3n) is 5.36. The van der Waals surface area contributed by atoms with Crippen LogP contribution >= 0.6 is 11.3 Å². The van der Waals surface area contributed by atoms with Gasteiger partial charge < -0.3 is 20.4 Å². The van der Waals surface area contributed by atoms with Gasteiger partial charge in [0, 0.05) is 24.7 Å². The Balaban J connectivity index is 1.73. The van der Waals surface area contributed by atoms with Gasteiger partial charge >= 0.3 is 0 Å². The first-order chi connectivity index (χ1) is 16.1. The lowest BCUT2D eigenvalue weighted by molar-refractivity contribution is -0.119. The average Bonchev–Trinajstić information content (AvgIpc) is 3.32. The molecule has 1 amide bonds. The van der Waals surface area contributed by atoms with E-state index < -0.39 is 0 Å². The molecule has 0 spiro atoms. The number of amides is 1. The fraction of sp³-hybridized carbons (Fsp3) is 0.542. The van der Waals surface area contributed by atoms with Gasteiger partial charge in [0.1, 0.15) is 11.5 Å². The normalized spacial score (nSPS) is 11.9. The highest BCUT2D eigenvalue weighted by Gasteiger charge is 2.23. The summed E-state index contributed by atoms with van der Waals surface area (Å²) in [6, 6.07) is 6.39. The second-order valence-corrected chi connectivity index (χ2v) is 10.3. The lowest BCUT2D eigenvalue weighted by Crippen LogP contribution is -2.36. The molecule has 0 saturated heterocycles. The van der Waals surface area contributed by atoms with Gasteiger partial charge in [-0.3, -0.25) is 4.79 Å². The number of aromatic nitrogens is 3. The van der Waals surface area contributed by atoms with E-state index in [-0.39, 0.29) is 23.8 Å². The molecule has 0 saturated carbocycles. The molecule has 0 aliphatic rings.